The summed E-state index contributed by atoms with van der Waals surface area (Å²) >= 11 is 0. The van der Waals surface area contributed by atoms with Gasteiger partial charge in [-0.2, -0.15) is 0 Å². The fourth-order valence-electron chi connectivity index (χ4n) is 3.12. The van der Waals surface area contributed by atoms with E-state index in [0.29, 0.717) is 17.5 Å². The molecular formula is C17H29N2O2S+. The van der Waals surface area contributed by atoms with E-state index in [0.717, 1.165) is 25.1 Å². The highest BCUT2D eigenvalue weighted by molar-refractivity contribution is 7.89. The smallest absolute Gasteiger partial charge is 0.240 e. The van der Waals surface area contributed by atoms with E-state index >= 15 is 0 Å². The molecule has 0 saturated carbocycles. The van der Waals surface area contributed by atoms with Crippen LogP contribution in [0.5, 0.6) is 0 Å². The molecule has 0 radical (unpaired) electrons. The number of sulfonamides is 1. The van der Waals surface area contributed by atoms with Gasteiger partial charge in [-0.05, 0) is 30.0 Å². The molecule has 0 amide bonds. The van der Waals surface area contributed by atoms with Crippen molar-refractivity contribution in [2.24, 2.45) is 0 Å². The Labute approximate surface area is 135 Å². The zero-order valence-electron chi connectivity index (χ0n) is 14.1. The lowest BCUT2D eigenvalue weighted by Gasteiger charge is -2.21. The van der Waals surface area contributed by atoms with Crippen LogP contribution in [-0.2, 0) is 15.4 Å². The van der Waals surface area contributed by atoms with Gasteiger partial charge in [0.25, 0.3) is 0 Å². The third-order valence-electron chi connectivity index (χ3n) is 4.63. The maximum atomic E-state index is 12.4. The fraction of sp³-hybridized carbons (Fsp3) is 0.647. The third kappa shape index (κ3) is 4.09. The first kappa shape index (κ1) is 17.4. The lowest BCUT2D eigenvalue weighted by atomic mass is 9.87. The minimum atomic E-state index is -3.40. The standard InChI is InChI=1S/C17H28N2O2S/c1-5-19-12-6-7-15(19)13-18-22(20,21)16-10-8-14(9-11-16)17(2,3)4/h8-11,15,18H,5-7,12-13H2,1-4H3/p+1/t15-/m1/s1. The number of likely N-dealkylation sites (N-methyl/N-ethyl adjacent to an activating group) is 1. The summed E-state index contributed by atoms with van der Waals surface area (Å²) in [6, 6.07) is 7.65. The van der Waals surface area contributed by atoms with Gasteiger partial charge < -0.3 is 4.90 Å². The Morgan fingerprint density at radius 1 is 1.23 bits per heavy atom. The van der Waals surface area contributed by atoms with Crippen LogP contribution in [0, 0.1) is 0 Å². The second kappa shape index (κ2) is 6.69. The van der Waals surface area contributed by atoms with Gasteiger partial charge in [0, 0.05) is 12.8 Å². The number of hydrogen-bond acceptors (Lipinski definition) is 2. The molecule has 1 unspecified atom stereocenters. The van der Waals surface area contributed by atoms with E-state index in [4.69, 9.17) is 0 Å². The highest BCUT2D eigenvalue weighted by Gasteiger charge is 2.28. The van der Waals surface area contributed by atoms with Crippen LogP contribution < -0.4 is 9.62 Å². The molecule has 2 atom stereocenters. The number of rotatable bonds is 5. The summed E-state index contributed by atoms with van der Waals surface area (Å²) in [5.74, 6) is 0. The molecular weight excluding hydrogens is 296 g/mol. The van der Waals surface area contributed by atoms with E-state index in [-0.39, 0.29) is 5.41 Å². The average Bonchev–Trinajstić information content (AvgIpc) is 2.92. The summed E-state index contributed by atoms with van der Waals surface area (Å²) in [4.78, 5) is 1.86. The zero-order valence-corrected chi connectivity index (χ0v) is 15.0. The minimum Gasteiger partial charge on any atom is -0.332 e. The molecule has 1 heterocycles. The van der Waals surface area contributed by atoms with Crippen LogP contribution >= 0.6 is 0 Å². The van der Waals surface area contributed by atoms with Gasteiger partial charge in [-0.3, -0.25) is 0 Å². The summed E-state index contributed by atoms with van der Waals surface area (Å²) in [5, 5.41) is 0. The molecule has 2 rings (SSSR count). The molecule has 1 fully saturated rings. The van der Waals surface area contributed by atoms with Crippen LogP contribution in [0.25, 0.3) is 0 Å². The summed E-state index contributed by atoms with van der Waals surface area (Å²) < 4.78 is 27.6. The van der Waals surface area contributed by atoms with Crippen molar-refractivity contribution in [1.29, 1.82) is 0 Å². The summed E-state index contributed by atoms with van der Waals surface area (Å²) in [7, 11) is -3.40. The molecule has 2 N–H and O–H groups in total. The van der Waals surface area contributed by atoms with E-state index in [1.807, 2.05) is 12.1 Å². The predicted octanol–water partition coefficient (Wildman–Crippen LogP) is 1.33. The molecule has 5 heteroatoms. The Hall–Kier alpha value is -0.910. The number of quaternary nitrogens is 1. The van der Waals surface area contributed by atoms with Crippen LogP contribution in [0.1, 0.15) is 46.1 Å². The van der Waals surface area contributed by atoms with Gasteiger partial charge in [0.15, 0.2) is 0 Å². The molecule has 1 saturated heterocycles. The monoisotopic (exact) mass is 325 g/mol. The molecule has 1 aliphatic rings. The molecule has 0 aromatic heterocycles. The van der Waals surface area contributed by atoms with Gasteiger partial charge in [0.05, 0.1) is 24.5 Å². The number of likely N-dealkylation sites (tertiary alicyclic amines) is 1. The van der Waals surface area contributed by atoms with Gasteiger partial charge in [-0.1, -0.05) is 32.9 Å². The summed E-state index contributed by atoms with van der Waals surface area (Å²) in [6.07, 6.45) is 2.30. The van der Waals surface area contributed by atoms with Crippen LogP contribution in [0.15, 0.2) is 29.2 Å². The molecule has 1 aromatic carbocycles. The van der Waals surface area contributed by atoms with Crippen molar-refractivity contribution in [1.82, 2.24) is 4.72 Å². The number of nitrogens with one attached hydrogen (secondary N) is 2. The maximum Gasteiger partial charge on any atom is 0.240 e. The molecule has 0 aliphatic carbocycles. The van der Waals surface area contributed by atoms with Crippen molar-refractivity contribution in [3.8, 4) is 0 Å². The normalized spacial score (nSPS) is 22.9. The van der Waals surface area contributed by atoms with Crippen molar-refractivity contribution >= 4 is 10.0 Å². The van der Waals surface area contributed by atoms with Crippen molar-refractivity contribution in [2.45, 2.75) is 56.9 Å². The van der Waals surface area contributed by atoms with Crippen LogP contribution in [-0.4, -0.2) is 34.1 Å². The maximum absolute atomic E-state index is 12.4. The highest BCUT2D eigenvalue weighted by Crippen LogP contribution is 2.23. The Bertz CT molecular complexity index is 588. The third-order valence-corrected chi connectivity index (χ3v) is 6.07. The second-order valence-electron chi connectivity index (χ2n) is 7.23. The first-order valence-electron chi connectivity index (χ1n) is 8.19. The van der Waals surface area contributed by atoms with E-state index in [2.05, 4.69) is 32.4 Å². The lowest BCUT2D eigenvalue weighted by molar-refractivity contribution is -0.909. The number of hydrogen-bond donors (Lipinski definition) is 2. The van der Waals surface area contributed by atoms with E-state index in [9.17, 15) is 8.42 Å². The van der Waals surface area contributed by atoms with Crippen LogP contribution in [0.3, 0.4) is 0 Å². The molecule has 124 valence electrons. The second-order valence-corrected chi connectivity index (χ2v) is 8.99. The topological polar surface area (TPSA) is 50.6 Å². The molecule has 4 nitrogen and oxygen atoms in total. The minimum absolute atomic E-state index is 0.0323. The van der Waals surface area contributed by atoms with Crippen molar-refractivity contribution in [3.63, 3.8) is 0 Å². The average molecular weight is 325 g/mol. The van der Waals surface area contributed by atoms with Crippen molar-refractivity contribution < 1.29 is 13.3 Å². The first-order valence-corrected chi connectivity index (χ1v) is 9.67. The zero-order chi connectivity index (χ0) is 16.4. The lowest BCUT2D eigenvalue weighted by Crippen LogP contribution is -3.14. The fourth-order valence-corrected chi connectivity index (χ4v) is 4.21. The van der Waals surface area contributed by atoms with Crippen molar-refractivity contribution in [2.75, 3.05) is 19.6 Å². The molecule has 1 aromatic rings. The van der Waals surface area contributed by atoms with E-state index in [1.165, 1.54) is 11.3 Å². The highest BCUT2D eigenvalue weighted by atomic mass is 32.2. The Morgan fingerprint density at radius 2 is 1.86 bits per heavy atom. The van der Waals surface area contributed by atoms with Gasteiger partial charge in [0.1, 0.15) is 6.04 Å². The first-order chi connectivity index (χ1) is 10.2. The van der Waals surface area contributed by atoms with Gasteiger partial charge in [-0.25, -0.2) is 13.1 Å². The van der Waals surface area contributed by atoms with Gasteiger partial charge >= 0.3 is 0 Å². The molecule has 0 spiro atoms. The molecule has 0 bridgehead atoms. The van der Waals surface area contributed by atoms with Crippen LogP contribution in [0.2, 0.25) is 0 Å². The molecule has 22 heavy (non-hydrogen) atoms. The van der Waals surface area contributed by atoms with E-state index < -0.39 is 10.0 Å². The Balaban J connectivity index is 2.04. The summed E-state index contributed by atoms with van der Waals surface area (Å²) in [6.45, 7) is 11.3. The predicted molar refractivity (Wildman–Crippen MR) is 89.7 cm³/mol. The largest absolute Gasteiger partial charge is 0.332 e. The molecule has 1 aliphatic heterocycles. The van der Waals surface area contributed by atoms with Crippen LogP contribution in [0.4, 0.5) is 0 Å². The summed E-state index contributed by atoms with van der Waals surface area (Å²) in [5.41, 5.74) is 1.17. The van der Waals surface area contributed by atoms with Crippen molar-refractivity contribution in [3.05, 3.63) is 29.8 Å². The quantitative estimate of drug-likeness (QED) is 0.858. The van der Waals surface area contributed by atoms with Gasteiger partial charge in [-0.15, -0.1) is 0 Å². The Kier molecular flexibility index (Phi) is 5.30. The SMILES string of the molecule is CC[NH+]1CCC[C@@H]1CNS(=O)(=O)c1ccc(C(C)(C)C)cc1. The van der Waals surface area contributed by atoms with E-state index in [1.54, 1.807) is 12.1 Å². The Morgan fingerprint density at radius 3 is 2.41 bits per heavy atom. The van der Waals surface area contributed by atoms with Gasteiger partial charge in [0.2, 0.25) is 10.0 Å². The number of benzene rings is 1.